The number of amides is 1. The second kappa shape index (κ2) is 11.9. The minimum atomic E-state index is -5.89. The van der Waals surface area contributed by atoms with Gasteiger partial charge in [-0.3, -0.25) is 0 Å². The molecular formula is C27H28F3NO7S2. The van der Waals surface area contributed by atoms with E-state index >= 15 is 0 Å². The van der Waals surface area contributed by atoms with Crippen LogP contribution in [0.4, 0.5) is 18.0 Å². The Morgan fingerprint density at radius 1 is 0.800 bits per heavy atom. The summed E-state index contributed by atoms with van der Waals surface area (Å²) in [6, 6.07) is 18.9. The second-order valence-corrected chi connectivity index (χ2v) is 13.2. The van der Waals surface area contributed by atoms with Crippen LogP contribution in [0, 0.1) is 0 Å². The Balaban J connectivity index is 1.78. The quantitative estimate of drug-likeness (QED) is 0.229. The normalized spacial score (nSPS) is 12.6. The number of nitrogens with zero attached hydrogens (tertiary/aromatic N) is 1. The van der Waals surface area contributed by atoms with Crippen LogP contribution < -0.4 is 4.18 Å². The number of carbonyl (C=O) groups excluding carboxylic acids is 1. The summed E-state index contributed by atoms with van der Waals surface area (Å²) in [6.45, 7) is 5.79. The largest absolute Gasteiger partial charge is 0.534 e. The van der Waals surface area contributed by atoms with Gasteiger partial charge in [-0.2, -0.15) is 21.6 Å². The minimum Gasteiger partial charge on any atom is -0.444 e. The summed E-state index contributed by atoms with van der Waals surface area (Å²) in [5, 5.41) is 0. The molecule has 0 unspecified atom stereocenters. The molecule has 3 aromatic carbocycles. The van der Waals surface area contributed by atoms with Crippen molar-refractivity contribution in [2.45, 2.75) is 54.6 Å². The average molecular weight is 600 g/mol. The first-order valence-electron chi connectivity index (χ1n) is 11.9. The SMILES string of the molecule is CC(C)(C)OC(=O)N(CCc1cccc(S(=O)(=O)c2ccc(OS(=O)(=O)C(F)(F)F)cc2)c1)Cc1ccccc1. The summed E-state index contributed by atoms with van der Waals surface area (Å²) in [4.78, 5) is 14.0. The summed E-state index contributed by atoms with van der Waals surface area (Å²) in [5.41, 5.74) is -4.84. The van der Waals surface area contributed by atoms with E-state index in [0.717, 1.165) is 29.8 Å². The van der Waals surface area contributed by atoms with Gasteiger partial charge in [0.05, 0.1) is 9.79 Å². The molecule has 0 spiro atoms. The van der Waals surface area contributed by atoms with Gasteiger partial charge in [-0.15, -0.1) is 0 Å². The van der Waals surface area contributed by atoms with E-state index in [9.17, 15) is 34.8 Å². The lowest BCUT2D eigenvalue weighted by atomic mass is 10.1. The van der Waals surface area contributed by atoms with Gasteiger partial charge in [0.2, 0.25) is 9.84 Å². The molecule has 13 heteroatoms. The molecule has 0 bridgehead atoms. The number of halogens is 3. The second-order valence-electron chi connectivity index (χ2n) is 9.74. The summed E-state index contributed by atoms with van der Waals surface area (Å²) in [7, 11) is -10.0. The van der Waals surface area contributed by atoms with E-state index in [-0.39, 0.29) is 22.9 Å². The van der Waals surface area contributed by atoms with Gasteiger partial charge < -0.3 is 13.8 Å². The first kappa shape index (κ1) is 31.0. The molecule has 0 N–H and O–H groups in total. The fourth-order valence-electron chi connectivity index (χ4n) is 3.48. The van der Waals surface area contributed by atoms with Crippen LogP contribution in [0.1, 0.15) is 31.9 Å². The van der Waals surface area contributed by atoms with Crippen LogP contribution in [0.25, 0.3) is 0 Å². The van der Waals surface area contributed by atoms with Crippen LogP contribution in [-0.4, -0.2) is 45.5 Å². The molecule has 216 valence electrons. The first-order chi connectivity index (χ1) is 18.5. The zero-order valence-electron chi connectivity index (χ0n) is 21.9. The van der Waals surface area contributed by atoms with Gasteiger partial charge >= 0.3 is 21.7 Å². The van der Waals surface area contributed by atoms with Crippen molar-refractivity contribution in [1.82, 2.24) is 4.90 Å². The number of hydrogen-bond acceptors (Lipinski definition) is 7. The van der Waals surface area contributed by atoms with E-state index in [4.69, 9.17) is 4.74 Å². The molecule has 1 amide bonds. The van der Waals surface area contributed by atoms with Gasteiger partial charge in [-0.25, -0.2) is 13.2 Å². The summed E-state index contributed by atoms with van der Waals surface area (Å²) >= 11 is 0. The Morgan fingerprint density at radius 3 is 1.98 bits per heavy atom. The van der Waals surface area contributed by atoms with Crippen LogP contribution in [-0.2, 0) is 37.7 Å². The third-order valence-corrected chi connectivity index (χ3v) is 8.12. The Labute approximate surface area is 231 Å². The fraction of sp³-hybridized carbons (Fsp3) is 0.296. The predicted molar refractivity (Wildman–Crippen MR) is 141 cm³/mol. The maximum Gasteiger partial charge on any atom is 0.534 e. The minimum absolute atomic E-state index is 0.0894. The lowest BCUT2D eigenvalue weighted by Gasteiger charge is -2.27. The molecule has 0 saturated carbocycles. The van der Waals surface area contributed by atoms with Gasteiger partial charge in [0.15, 0.2) is 0 Å². The van der Waals surface area contributed by atoms with Crippen molar-refractivity contribution in [1.29, 1.82) is 0 Å². The van der Waals surface area contributed by atoms with Crippen molar-refractivity contribution in [3.63, 3.8) is 0 Å². The molecule has 0 atom stereocenters. The highest BCUT2D eigenvalue weighted by molar-refractivity contribution is 7.91. The molecule has 40 heavy (non-hydrogen) atoms. The van der Waals surface area contributed by atoms with Crippen molar-refractivity contribution >= 4 is 26.0 Å². The fourth-order valence-corrected chi connectivity index (χ4v) is 5.27. The highest BCUT2D eigenvalue weighted by Gasteiger charge is 2.48. The van der Waals surface area contributed by atoms with Crippen molar-refractivity contribution < 1.29 is 43.7 Å². The first-order valence-corrected chi connectivity index (χ1v) is 14.8. The van der Waals surface area contributed by atoms with Crippen LogP contribution in [0.2, 0.25) is 0 Å². The Bertz CT molecular complexity index is 1530. The Morgan fingerprint density at radius 2 is 1.40 bits per heavy atom. The van der Waals surface area contributed by atoms with E-state index in [2.05, 4.69) is 4.18 Å². The molecule has 0 radical (unpaired) electrons. The van der Waals surface area contributed by atoms with E-state index in [1.54, 1.807) is 26.8 Å². The molecule has 0 heterocycles. The number of sulfone groups is 1. The van der Waals surface area contributed by atoms with E-state index in [1.807, 2.05) is 30.3 Å². The molecular weight excluding hydrogens is 571 g/mol. The topological polar surface area (TPSA) is 107 Å². The van der Waals surface area contributed by atoms with Gasteiger partial charge in [0, 0.05) is 13.1 Å². The van der Waals surface area contributed by atoms with Crippen LogP contribution >= 0.6 is 0 Å². The number of benzene rings is 3. The number of carbonyl (C=O) groups is 1. The summed E-state index contributed by atoms with van der Waals surface area (Å²) in [5.74, 6) is -0.689. The van der Waals surface area contributed by atoms with Crippen molar-refractivity contribution in [2.24, 2.45) is 0 Å². The monoisotopic (exact) mass is 599 g/mol. The zero-order chi connectivity index (χ0) is 29.8. The number of ether oxygens (including phenoxy) is 1. The zero-order valence-corrected chi connectivity index (χ0v) is 23.5. The molecule has 0 fully saturated rings. The van der Waals surface area contributed by atoms with Gasteiger partial charge in [0.1, 0.15) is 11.4 Å². The highest BCUT2D eigenvalue weighted by Crippen LogP contribution is 2.29. The van der Waals surface area contributed by atoms with Crippen LogP contribution in [0.3, 0.4) is 0 Å². The predicted octanol–water partition coefficient (Wildman–Crippen LogP) is 5.73. The molecule has 0 aliphatic rings. The standard InChI is InChI=1S/C27H28F3NO7S2/c1-26(2,3)37-25(32)31(19-21-8-5-4-6-9-21)17-16-20-10-7-11-24(18-20)39(33,34)23-14-12-22(13-15-23)38-40(35,36)27(28,29)30/h4-15,18H,16-17,19H2,1-3H3. The lowest BCUT2D eigenvalue weighted by molar-refractivity contribution is -0.0500. The van der Waals surface area contributed by atoms with Gasteiger partial charge in [0.25, 0.3) is 0 Å². The molecule has 0 aromatic heterocycles. The van der Waals surface area contributed by atoms with Crippen molar-refractivity contribution in [2.75, 3.05) is 6.54 Å². The Hall–Kier alpha value is -3.58. The maximum absolute atomic E-state index is 13.2. The number of alkyl halides is 3. The summed E-state index contributed by atoms with van der Waals surface area (Å²) < 4.78 is 95.9. The lowest BCUT2D eigenvalue weighted by Crippen LogP contribution is -2.37. The van der Waals surface area contributed by atoms with Crippen LogP contribution in [0.5, 0.6) is 5.75 Å². The molecule has 0 aliphatic heterocycles. The number of hydrogen-bond donors (Lipinski definition) is 0. The van der Waals surface area contributed by atoms with E-state index in [1.165, 1.54) is 23.1 Å². The van der Waals surface area contributed by atoms with Gasteiger partial charge in [-0.1, -0.05) is 42.5 Å². The van der Waals surface area contributed by atoms with Crippen molar-refractivity contribution in [3.8, 4) is 5.75 Å². The molecule has 8 nitrogen and oxygen atoms in total. The van der Waals surface area contributed by atoms with Gasteiger partial charge in [-0.05, 0) is 74.7 Å². The molecule has 3 aromatic rings. The smallest absolute Gasteiger partial charge is 0.444 e. The van der Waals surface area contributed by atoms with Crippen LogP contribution in [0.15, 0.2) is 88.7 Å². The summed E-state index contributed by atoms with van der Waals surface area (Å²) in [6.07, 6.45) is -0.215. The van der Waals surface area contributed by atoms with E-state index < -0.39 is 42.9 Å². The Kier molecular flexibility index (Phi) is 9.20. The third-order valence-electron chi connectivity index (χ3n) is 5.37. The average Bonchev–Trinajstić information content (AvgIpc) is 2.85. The van der Waals surface area contributed by atoms with Crippen molar-refractivity contribution in [3.05, 3.63) is 90.0 Å². The highest BCUT2D eigenvalue weighted by atomic mass is 32.2. The number of rotatable bonds is 9. The molecule has 3 rings (SSSR count). The molecule has 0 aliphatic carbocycles. The maximum atomic E-state index is 13.2. The molecule has 0 saturated heterocycles. The third kappa shape index (κ3) is 8.21. The van der Waals surface area contributed by atoms with E-state index in [0.29, 0.717) is 12.0 Å².